The fourth-order valence-corrected chi connectivity index (χ4v) is 6.39. The normalized spacial score (nSPS) is 12.1. The second-order valence-electron chi connectivity index (χ2n) is 8.76. The summed E-state index contributed by atoms with van der Waals surface area (Å²) in [6.45, 7) is -0.449. The van der Waals surface area contributed by atoms with Crippen LogP contribution in [0, 0.1) is 0 Å². The van der Waals surface area contributed by atoms with Crippen molar-refractivity contribution >= 4 is 48.1 Å². The molecule has 0 aliphatic carbocycles. The molecule has 0 aliphatic heterocycles. The molecule has 0 atom stereocenters. The number of carbonyl (C=O) groups is 1. The van der Waals surface area contributed by atoms with Crippen LogP contribution >= 0.6 is 15.9 Å². The Balaban J connectivity index is 1.37. The van der Waals surface area contributed by atoms with Gasteiger partial charge in [0.1, 0.15) is 11.5 Å². The highest BCUT2D eigenvalue weighted by molar-refractivity contribution is 9.10. The first kappa shape index (κ1) is 30.3. The Morgan fingerprint density at radius 3 is 2.20 bits per heavy atom. The molecule has 13 heteroatoms. The highest BCUT2D eigenvalue weighted by atomic mass is 79.9. The molecule has 0 saturated heterocycles. The maximum atomic E-state index is 13.3. The fraction of sp³-hybridized carbons (Fsp3) is 0.143. The smallest absolute Gasteiger partial charge is 0.255 e. The molecular weight excluding hydrogens is 632 g/mol. The number of amides is 1. The van der Waals surface area contributed by atoms with Gasteiger partial charge in [0.25, 0.3) is 5.91 Å². The number of benzene rings is 3. The first-order chi connectivity index (χ1) is 19.6. The van der Waals surface area contributed by atoms with Gasteiger partial charge in [0.05, 0.1) is 29.1 Å². The number of sulfonamides is 2. The molecule has 0 saturated carbocycles. The van der Waals surface area contributed by atoms with Crippen molar-refractivity contribution in [1.82, 2.24) is 14.5 Å². The lowest BCUT2D eigenvalue weighted by molar-refractivity contribution is -0.121. The number of hydrogen-bond acceptors (Lipinski definition) is 7. The van der Waals surface area contributed by atoms with Crippen molar-refractivity contribution in [2.24, 2.45) is 5.10 Å². The predicted octanol–water partition coefficient (Wildman–Crippen LogP) is 3.90. The number of furan rings is 1. The van der Waals surface area contributed by atoms with Crippen LogP contribution in [-0.4, -0.2) is 46.4 Å². The molecule has 0 unspecified atom stereocenters. The lowest BCUT2D eigenvalue weighted by Gasteiger charge is -2.21. The van der Waals surface area contributed by atoms with Gasteiger partial charge in [-0.05, 0) is 60.5 Å². The summed E-state index contributed by atoms with van der Waals surface area (Å²) in [5.41, 5.74) is 3.26. The lowest BCUT2D eigenvalue weighted by atomic mass is 10.1. The average molecular weight is 660 g/mol. The molecule has 2 N–H and O–H groups in total. The van der Waals surface area contributed by atoms with E-state index in [1.54, 1.807) is 42.5 Å². The maximum absolute atomic E-state index is 13.3. The maximum Gasteiger partial charge on any atom is 0.255 e. The summed E-state index contributed by atoms with van der Waals surface area (Å²) in [5, 5.41) is 3.86. The van der Waals surface area contributed by atoms with Crippen molar-refractivity contribution in [3.05, 3.63) is 119 Å². The van der Waals surface area contributed by atoms with Gasteiger partial charge in [-0.25, -0.2) is 27.0 Å². The van der Waals surface area contributed by atoms with E-state index >= 15 is 0 Å². The van der Waals surface area contributed by atoms with Crippen LogP contribution in [-0.2, 0) is 37.8 Å². The molecule has 41 heavy (non-hydrogen) atoms. The summed E-state index contributed by atoms with van der Waals surface area (Å²) in [6.07, 6.45) is 1.65. The topological polar surface area (TPSA) is 138 Å². The third-order valence-electron chi connectivity index (χ3n) is 5.82. The van der Waals surface area contributed by atoms with Gasteiger partial charge in [-0.2, -0.15) is 9.41 Å². The van der Waals surface area contributed by atoms with Gasteiger partial charge in [0.15, 0.2) is 0 Å². The number of hydrogen-bond donors (Lipinski definition) is 2. The van der Waals surface area contributed by atoms with Crippen molar-refractivity contribution in [2.75, 3.05) is 13.1 Å². The molecule has 4 rings (SSSR count). The van der Waals surface area contributed by atoms with Crippen LogP contribution in [0.3, 0.4) is 0 Å². The van der Waals surface area contributed by atoms with Gasteiger partial charge in [0, 0.05) is 11.0 Å². The summed E-state index contributed by atoms with van der Waals surface area (Å²) < 4.78 is 61.3. The predicted molar refractivity (Wildman–Crippen MR) is 158 cm³/mol. The number of carbonyl (C=O) groups excluding carboxylic acids is 1. The largest absolute Gasteiger partial charge is 0.459 e. The summed E-state index contributed by atoms with van der Waals surface area (Å²) in [5.74, 6) is -0.0370. The zero-order valence-electron chi connectivity index (χ0n) is 21.7. The van der Waals surface area contributed by atoms with E-state index in [0.717, 1.165) is 14.3 Å². The second-order valence-corrected chi connectivity index (χ2v) is 13.4. The van der Waals surface area contributed by atoms with Gasteiger partial charge in [-0.3, -0.25) is 4.79 Å². The van der Waals surface area contributed by atoms with Crippen LogP contribution in [0.25, 0.3) is 0 Å². The molecule has 0 radical (unpaired) electrons. The van der Waals surface area contributed by atoms with E-state index < -0.39 is 32.5 Å². The van der Waals surface area contributed by atoms with Gasteiger partial charge >= 0.3 is 0 Å². The Morgan fingerprint density at radius 1 is 0.854 bits per heavy atom. The van der Waals surface area contributed by atoms with Crippen LogP contribution in [0.4, 0.5) is 0 Å². The number of hydrazone groups is 1. The molecule has 1 aromatic heterocycles. The van der Waals surface area contributed by atoms with E-state index in [4.69, 9.17) is 4.42 Å². The van der Waals surface area contributed by atoms with E-state index in [-0.39, 0.29) is 28.6 Å². The molecule has 0 aliphatic rings. The van der Waals surface area contributed by atoms with E-state index in [2.05, 4.69) is 31.2 Å². The molecule has 1 amide bonds. The summed E-state index contributed by atoms with van der Waals surface area (Å²) in [7, 11) is -7.67. The van der Waals surface area contributed by atoms with Crippen molar-refractivity contribution < 1.29 is 26.0 Å². The fourth-order valence-electron chi connectivity index (χ4n) is 3.71. The Morgan fingerprint density at radius 2 is 1.51 bits per heavy atom. The van der Waals surface area contributed by atoms with E-state index in [9.17, 15) is 21.6 Å². The van der Waals surface area contributed by atoms with Crippen LogP contribution in [0.2, 0.25) is 0 Å². The minimum Gasteiger partial charge on any atom is -0.459 e. The van der Waals surface area contributed by atoms with Crippen molar-refractivity contribution in [3.8, 4) is 0 Å². The molecule has 0 bridgehead atoms. The number of halogens is 1. The Kier molecular flexibility index (Phi) is 10.2. The molecule has 0 fully saturated rings. The van der Waals surface area contributed by atoms with Gasteiger partial charge in [0.2, 0.25) is 20.0 Å². The summed E-state index contributed by atoms with van der Waals surface area (Å²) >= 11 is 3.30. The molecule has 3 aromatic carbocycles. The first-order valence-electron chi connectivity index (χ1n) is 12.4. The van der Waals surface area contributed by atoms with Crippen LogP contribution < -0.4 is 10.1 Å². The molecule has 10 nitrogen and oxygen atoms in total. The molecule has 0 spiro atoms. The van der Waals surface area contributed by atoms with Crippen LogP contribution in [0.5, 0.6) is 0 Å². The van der Waals surface area contributed by atoms with E-state index in [1.165, 1.54) is 30.5 Å². The second kappa shape index (κ2) is 13.8. The zero-order valence-corrected chi connectivity index (χ0v) is 24.9. The number of rotatable bonds is 13. The third-order valence-corrected chi connectivity index (χ3v) is 9.62. The molecule has 214 valence electrons. The zero-order chi connectivity index (χ0) is 29.3. The first-order valence-corrected chi connectivity index (χ1v) is 16.1. The number of nitrogens with zero attached hydrogens (tertiary/aromatic N) is 2. The van der Waals surface area contributed by atoms with Gasteiger partial charge in [-0.15, -0.1) is 0 Å². The van der Waals surface area contributed by atoms with Crippen molar-refractivity contribution in [2.45, 2.75) is 22.8 Å². The standard InChI is InChI=1S/C28H27BrN4O6S2/c29-23-11-15-27(16-12-23)41(37,38)33(18-17-22-7-3-1-4-8-22)21-28(34)32-30-19-24-13-14-25(39-24)20-31-40(35,36)26-9-5-2-6-10-26/h1-16,19,31H,17-18,20-21H2,(H,32,34)/b30-19-. The van der Waals surface area contributed by atoms with E-state index in [0.29, 0.717) is 12.2 Å². The third kappa shape index (κ3) is 8.68. The molecular formula is C28H27BrN4O6S2. The Labute approximate surface area is 247 Å². The van der Waals surface area contributed by atoms with Crippen molar-refractivity contribution in [3.63, 3.8) is 0 Å². The molecule has 1 heterocycles. The SMILES string of the molecule is O=C(CN(CCc1ccccc1)S(=O)(=O)c1ccc(Br)cc1)N/N=C\c1ccc(CNS(=O)(=O)c2ccccc2)o1. The lowest BCUT2D eigenvalue weighted by Crippen LogP contribution is -2.40. The Hall–Kier alpha value is -3.62. The van der Waals surface area contributed by atoms with Gasteiger partial charge < -0.3 is 4.42 Å². The number of nitrogens with one attached hydrogen (secondary N) is 2. The van der Waals surface area contributed by atoms with Crippen LogP contribution in [0.15, 0.2) is 121 Å². The monoisotopic (exact) mass is 658 g/mol. The average Bonchev–Trinajstić information content (AvgIpc) is 3.43. The summed E-state index contributed by atoms with van der Waals surface area (Å²) in [4.78, 5) is 12.9. The van der Waals surface area contributed by atoms with Gasteiger partial charge in [-0.1, -0.05) is 64.5 Å². The highest BCUT2D eigenvalue weighted by Crippen LogP contribution is 2.19. The Bertz CT molecular complexity index is 1690. The summed E-state index contributed by atoms with van der Waals surface area (Å²) in [6, 6.07) is 26.6. The molecule has 4 aromatic rings. The minimum atomic E-state index is -3.97. The quantitative estimate of drug-likeness (QED) is 0.165. The van der Waals surface area contributed by atoms with Crippen molar-refractivity contribution in [1.29, 1.82) is 0 Å². The van der Waals surface area contributed by atoms with Crippen LogP contribution in [0.1, 0.15) is 17.1 Å². The minimum absolute atomic E-state index is 0.0658. The van der Waals surface area contributed by atoms with E-state index in [1.807, 2.05) is 30.3 Å². The highest BCUT2D eigenvalue weighted by Gasteiger charge is 2.26.